The lowest BCUT2D eigenvalue weighted by Crippen LogP contribution is -2.31. The predicted octanol–water partition coefficient (Wildman–Crippen LogP) is 0.587. The summed E-state index contributed by atoms with van der Waals surface area (Å²) in [6.07, 6.45) is 5.88. The van der Waals surface area contributed by atoms with Gasteiger partial charge in [0.25, 0.3) is 0 Å². The monoisotopic (exact) mass is 184 g/mol. The first-order valence-electron chi connectivity index (χ1n) is 5.35. The van der Waals surface area contributed by atoms with Crippen LogP contribution in [0.2, 0.25) is 0 Å². The van der Waals surface area contributed by atoms with Gasteiger partial charge in [-0.05, 0) is 32.7 Å². The van der Waals surface area contributed by atoms with Crippen LogP contribution in [-0.4, -0.2) is 43.3 Å². The Labute approximate surface area is 80.2 Å². The second kappa shape index (κ2) is 3.95. The lowest BCUT2D eigenvalue weighted by atomic mass is 10.2. The van der Waals surface area contributed by atoms with Crippen molar-refractivity contribution in [2.24, 2.45) is 5.73 Å². The van der Waals surface area contributed by atoms with E-state index in [1.54, 1.807) is 0 Å². The number of hydrogen-bond donors (Lipinski definition) is 1. The van der Waals surface area contributed by atoms with E-state index >= 15 is 0 Å². The lowest BCUT2D eigenvalue weighted by Gasteiger charge is -2.20. The molecule has 76 valence electrons. The Kier molecular flexibility index (Phi) is 2.86. The maximum atomic E-state index is 5.79. The maximum absolute atomic E-state index is 5.79. The van der Waals surface area contributed by atoms with Gasteiger partial charge in [-0.15, -0.1) is 0 Å². The Morgan fingerprint density at radius 2 is 1.92 bits per heavy atom. The molecule has 0 spiro atoms. The number of nitrogens with two attached hydrogens (primary N) is 1. The van der Waals surface area contributed by atoms with Gasteiger partial charge in [0, 0.05) is 19.1 Å². The summed E-state index contributed by atoms with van der Waals surface area (Å²) in [6.45, 7) is 1.78. The maximum Gasteiger partial charge on any atom is 0.0707 e. The molecule has 2 rings (SSSR count). The van der Waals surface area contributed by atoms with Crippen molar-refractivity contribution in [2.75, 3.05) is 20.1 Å². The number of hydrogen-bond acceptors (Lipinski definition) is 3. The summed E-state index contributed by atoms with van der Waals surface area (Å²) < 4.78 is 5.79. The van der Waals surface area contributed by atoms with E-state index in [1.165, 1.54) is 19.3 Å². The van der Waals surface area contributed by atoms with Crippen LogP contribution in [-0.2, 0) is 4.74 Å². The highest BCUT2D eigenvalue weighted by atomic mass is 16.5. The standard InChI is InChI=1S/C10H20N2O/c1-12(8-2-3-8)7-10-5-4-9(6-11)13-10/h8-10H,2-7,11H2,1H3. The molecule has 3 heteroatoms. The quantitative estimate of drug-likeness (QED) is 0.695. The van der Waals surface area contributed by atoms with E-state index in [9.17, 15) is 0 Å². The molecule has 2 atom stereocenters. The van der Waals surface area contributed by atoms with E-state index in [0.717, 1.165) is 19.0 Å². The van der Waals surface area contributed by atoms with E-state index in [0.29, 0.717) is 18.8 Å². The Morgan fingerprint density at radius 1 is 1.23 bits per heavy atom. The molecule has 0 bridgehead atoms. The van der Waals surface area contributed by atoms with Gasteiger partial charge in [0.05, 0.1) is 12.2 Å². The second-order valence-electron chi connectivity index (χ2n) is 4.36. The lowest BCUT2D eigenvalue weighted by molar-refractivity contribution is 0.0305. The summed E-state index contributed by atoms with van der Waals surface area (Å²) in [4.78, 5) is 2.43. The fourth-order valence-electron chi connectivity index (χ4n) is 2.07. The van der Waals surface area contributed by atoms with Crippen LogP contribution in [0.3, 0.4) is 0 Å². The number of ether oxygens (including phenoxy) is 1. The highest BCUT2D eigenvalue weighted by Gasteiger charge is 2.31. The van der Waals surface area contributed by atoms with Crippen LogP contribution in [0.25, 0.3) is 0 Å². The van der Waals surface area contributed by atoms with Crippen LogP contribution in [0, 0.1) is 0 Å². The van der Waals surface area contributed by atoms with Crippen molar-refractivity contribution in [1.29, 1.82) is 0 Å². The van der Waals surface area contributed by atoms with Gasteiger partial charge in [-0.3, -0.25) is 0 Å². The van der Waals surface area contributed by atoms with Crippen molar-refractivity contribution in [3.05, 3.63) is 0 Å². The summed E-state index contributed by atoms with van der Waals surface area (Å²) in [6, 6.07) is 0.848. The highest BCUT2D eigenvalue weighted by Crippen LogP contribution is 2.27. The summed E-state index contributed by atoms with van der Waals surface area (Å²) in [7, 11) is 2.21. The van der Waals surface area contributed by atoms with Crippen LogP contribution in [0.4, 0.5) is 0 Å². The molecule has 3 nitrogen and oxygen atoms in total. The molecule has 1 heterocycles. The molecular weight excluding hydrogens is 164 g/mol. The molecule has 0 aromatic rings. The molecule has 1 aliphatic heterocycles. The molecule has 1 aliphatic carbocycles. The third-order valence-corrected chi connectivity index (χ3v) is 3.12. The summed E-state index contributed by atoms with van der Waals surface area (Å²) >= 11 is 0. The van der Waals surface area contributed by atoms with E-state index < -0.39 is 0 Å². The molecule has 0 radical (unpaired) electrons. The van der Waals surface area contributed by atoms with Gasteiger partial charge in [-0.2, -0.15) is 0 Å². The fourth-order valence-corrected chi connectivity index (χ4v) is 2.07. The molecule has 2 aliphatic rings. The minimum atomic E-state index is 0.331. The first-order valence-corrected chi connectivity index (χ1v) is 5.35. The molecule has 0 aromatic carbocycles. The highest BCUT2D eigenvalue weighted by molar-refractivity contribution is 4.85. The number of rotatable bonds is 4. The summed E-state index contributed by atoms with van der Waals surface area (Å²) in [5.74, 6) is 0. The molecule has 2 unspecified atom stereocenters. The van der Waals surface area contributed by atoms with E-state index in [-0.39, 0.29) is 0 Å². The minimum Gasteiger partial charge on any atom is -0.372 e. The summed E-state index contributed by atoms with van der Waals surface area (Å²) in [5, 5.41) is 0. The normalized spacial score (nSPS) is 34.4. The number of likely N-dealkylation sites (N-methyl/N-ethyl adjacent to an activating group) is 1. The van der Waals surface area contributed by atoms with Crippen molar-refractivity contribution < 1.29 is 4.74 Å². The Bertz CT molecular complexity index is 170. The smallest absolute Gasteiger partial charge is 0.0707 e. The zero-order valence-corrected chi connectivity index (χ0v) is 8.41. The largest absolute Gasteiger partial charge is 0.372 e. The molecule has 0 aromatic heterocycles. The van der Waals surface area contributed by atoms with Gasteiger partial charge < -0.3 is 15.4 Å². The van der Waals surface area contributed by atoms with Gasteiger partial charge >= 0.3 is 0 Å². The summed E-state index contributed by atoms with van der Waals surface area (Å²) in [5.41, 5.74) is 5.56. The van der Waals surface area contributed by atoms with Gasteiger partial charge in [-0.1, -0.05) is 0 Å². The van der Waals surface area contributed by atoms with E-state index in [2.05, 4.69) is 11.9 Å². The molecule has 0 amide bonds. The van der Waals surface area contributed by atoms with Gasteiger partial charge in [0.1, 0.15) is 0 Å². The molecule has 13 heavy (non-hydrogen) atoms. The molecule has 1 saturated heterocycles. The topological polar surface area (TPSA) is 38.5 Å². The first kappa shape index (κ1) is 9.44. The van der Waals surface area contributed by atoms with Crippen LogP contribution < -0.4 is 5.73 Å². The van der Waals surface area contributed by atoms with Crippen LogP contribution in [0.5, 0.6) is 0 Å². The van der Waals surface area contributed by atoms with Gasteiger partial charge in [0.2, 0.25) is 0 Å². The van der Waals surface area contributed by atoms with Crippen molar-refractivity contribution in [3.8, 4) is 0 Å². The average Bonchev–Trinajstić information content (AvgIpc) is 2.88. The SMILES string of the molecule is CN(CC1CCC(CN)O1)C1CC1. The van der Waals surface area contributed by atoms with Crippen LogP contribution >= 0.6 is 0 Å². The molecule has 1 saturated carbocycles. The van der Waals surface area contributed by atoms with Gasteiger partial charge in [-0.25, -0.2) is 0 Å². The molecule has 2 N–H and O–H groups in total. The average molecular weight is 184 g/mol. The Balaban J connectivity index is 1.70. The minimum absolute atomic E-state index is 0.331. The van der Waals surface area contributed by atoms with Crippen LogP contribution in [0.15, 0.2) is 0 Å². The number of nitrogens with zero attached hydrogens (tertiary/aromatic N) is 1. The van der Waals surface area contributed by atoms with E-state index in [1.807, 2.05) is 0 Å². The third kappa shape index (κ3) is 2.42. The fraction of sp³-hybridized carbons (Fsp3) is 1.00. The Morgan fingerprint density at radius 3 is 2.46 bits per heavy atom. The molecular formula is C10H20N2O. The zero-order valence-electron chi connectivity index (χ0n) is 8.41. The van der Waals surface area contributed by atoms with Crippen LogP contribution in [0.1, 0.15) is 25.7 Å². The van der Waals surface area contributed by atoms with Crippen molar-refractivity contribution in [3.63, 3.8) is 0 Å². The van der Waals surface area contributed by atoms with Crippen molar-refractivity contribution in [1.82, 2.24) is 4.90 Å². The van der Waals surface area contributed by atoms with E-state index in [4.69, 9.17) is 10.5 Å². The predicted molar refractivity (Wildman–Crippen MR) is 52.6 cm³/mol. The zero-order chi connectivity index (χ0) is 9.26. The second-order valence-corrected chi connectivity index (χ2v) is 4.36. The van der Waals surface area contributed by atoms with Crippen molar-refractivity contribution >= 4 is 0 Å². The molecule has 2 fully saturated rings. The first-order chi connectivity index (χ1) is 6.29. The Hall–Kier alpha value is -0.120. The van der Waals surface area contributed by atoms with Gasteiger partial charge in [0.15, 0.2) is 0 Å². The van der Waals surface area contributed by atoms with Crippen molar-refractivity contribution in [2.45, 2.75) is 43.9 Å². The third-order valence-electron chi connectivity index (χ3n) is 3.12.